The number of hydrogen-bond acceptors (Lipinski definition) is 4. The Balaban J connectivity index is 3.06. The van der Waals surface area contributed by atoms with Crippen molar-refractivity contribution in [3.8, 4) is 0 Å². The Labute approximate surface area is 88.7 Å². The molecule has 0 saturated heterocycles. The zero-order chi connectivity index (χ0) is 11.3. The Morgan fingerprint density at radius 3 is 2.80 bits per heavy atom. The van der Waals surface area contributed by atoms with E-state index in [9.17, 15) is 0 Å². The lowest BCUT2D eigenvalue weighted by molar-refractivity contribution is 0.302. The van der Waals surface area contributed by atoms with Crippen LogP contribution in [-0.4, -0.2) is 24.8 Å². The standard InChI is InChI=1S/C10H15N4O/c1-2-14(5-6-15)10-4-3-8(11)7-9(10)13-12/h3-4,7,15H,2,5-6,11H2,1H3/q+1. The molecule has 3 N–H and O–H groups in total. The third-order valence-electron chi connectivity index (χ3n) is 2.20. The molecule has 0 fully saturated rings. The van der Waals surface area contributed by atoms with Crippen LogP contribution in [0.4, 0.5) is 17.1 Å². The summed E-state index contributed by atoms with van der Waals surface area (Å²) in [5.41, 5.74) is 7.32. The number of nitrogens with zero attached hydrogens (tertiary/aromatic N) is 3. The van der Waals surface area contributed by atoms with Crippen molar-refractivity contribution in [3.63, 3.8) is 0 Å². The molecule has 0 atom stereocenters. The lowest BCUT2D eigenvalue weighted by Gasteiger charge is -2.19. The number of likely N-dealkylation sites (N-methyl/N-ethyl adjacent to an activating group) is 1. The molecule has 15 heavy (non-hydrogen) atoms. The van der Waals surface area contributed by atoms with E-state index in [-0.39, 0.29) is 6.61 Å². The van der Waals surface area contributed by atoms with Crippen molar-refractivity contribution in [3.05, 3.63) is 23.2 Å². The molecule has 0 amide bonds. The van der Waals surface area contributed by atoms with Gasteiger partial charge >= 0.3 is 5.69 Å². The van der Waals surface area contributed by atoms with E-state index in [0.717, 1.165) is 12.2 Å². The summed E-state index contributed by atoms with van der Waals surface area (Å²) < 4.78 is 0. The molecule has 0 aliphatic carbocycles. The lowest BCUT2D eigenvalue weighted by atomic mass is 10.2. The highest BCUT2D eigenvalue weighted by atomic mass is 16.3. The third kappa shape index (κ3) is 2.58. The van der Waals surface area contributed by atoms with Crippen LogP contribution in [0.2, 0.25) is 0 Å². The quantitative estimate of drug-likeness (QED) is 0.580. The molecule has 0 aromatic heterocycles. The maximum Gasteiger partial charge on any atom is 0.410 e. The van der Waals surface area contributed by atoms with Crippen molar-refractivity contribution in [1.82, 2.24) is 0 Å². The van der Waals surface area contributed by atoms with Crippen molar-refractivity contribution < 1.29 is 5.11 Å². The maximum absolute atomic E-state index is 8.89. The smallest absolute Gasteiger partial charge is 0.398 e. The molecule has 1 aromatic carbocycles. The van der Waals surface area contributed by atoms with Gasteiger partial charge in [0, 0.05) is 18.8 Å². The van der Waals surface area contributed by atoms with E-state index >= 15 is 0 Å². The summed E-state index contributed by atoms with van der Waals surface area (Å²) in [4.78, 5) is 5.09. The Morgan fingerprint density at radius 2 is 2.27 bits per heavy atom. The molecule has 0 saturated carbocycles. The van der Waals surface area contributed by atoms with Crippen LogP contribution in [0.1, 0.15) is 6.92 Å². The minimum atomic E-state index is 0.0586. The molecule has 1 aromatic rings. The van der Waals surface area contributed by atoms with Crippen molar-refractivity contribution in [2.24, 2.45) is 0 Å². The second kappa shape index (κ2) is 5.17. The Hall–Kier alpha value is -1.80. The van der Waals surface area contributed by atoms with E-state index in [1.54, 1.807) is 18.2 Å². The Morgan fingerprint density at radius 1 is 1.53 bits per heavy atom. The van der Waals surface area contributed by atoms with Gasteiger partial charge in [0.05, 0.1) is 12.7 Å². The average Bonchev–Trinajstić information content (AvgIpc) is 2.26. The fraction of sp³-hybridized carbons (Fsp3) is 0.400. The summed E-state index contributed by atoms with van der Waals surface area (Å²) in [6.07, 6.45) is 0. The number of benzene rings is 1. The van der Waals surface area contributed by atoms with Gasteiger partial charge in [-0.2, -0.15) is 0 Å². The molecule has 1 rings (SSSR count). The summed E-state index contributed by atoms with van der Waals surface area (Å²) in [6.45, 7) is 3.26. The van der Waals surface area contributed by atoms with E-state index in [4.69, 9.17) is 16.2 Å². The van der Waals surface area contributed by atoms with E-state index in [1.807, 2.05) is 11.8 Å². The molecule has 0 heterocycles. The minimum absolute atomic E-state index is 0.0586. The van der Waals surface area contributed by atoms with E-state index in [2.05, 4.69) is 4.98 Å². The van der Waals surface area contributed by atoms with Crippen LogP contribution in [0.25, 0.3) is 4.98 Å². The van der Waals surface area contributed by atoms with Gasteiger partial charge in [-0.15, -0.1) is 0 Å². The second-order valence-corrected chi connectivity index (χ2v) is 3.15. The number of aliphatic hydroxyl groups excluding tert-OH is 1. The molecule has 0 aliphatic rings. The summed E-state index contributed by atoms with van der Waals surface area (Å²) in [5.74, 6) is 0. The zero-order valence-electron chi connectivity index (χ0n) is 8.72. The van der Waals surface area contributed by atoms with Crippen LogP contribution in [-0.2, 0) is 0 Å². The van der Waals surface area contributed by atoms with E-state index in [0.29, 0.717) is 17.9 Å². The highest BCUT2D eigenvalue weighted by Crippen LogP contribution is 2.30. The number of anilines is 2. The van der Waals surface area contributed by atoms with Crippen LogP contribution < -0.4 is 10.6 Å². The first kappa shape index (κ1) is 11.3. The number of hydrogen-bond donors (Lipinski definition) is 2. The number of nitrogens with two attached hydrogens (primary N) is 1. The number of diazo groups is 1. The largest absolute Gasteiger partial charge is 0.410 e. The van der Waals surface area contributed by atoms with Gasteiger partial charge in [0.2, 0.25) is 5.39 Å². The maximum atomic E-state index is 8.89. The SMILES string of the molecule is CCN(CCO)c1ccc(N)cc1[N+]#N. The Bertz CT molecular complexity index is 372. The van der Waals surface area contributed by atoms with Gasteiger partial charge in [-0.3, -0.25) is 0 Å². The fourth-order valence-electron chi connectivity index (χ4n) is 1.46. The molecule has 5 nitrogen and oxygen atoms in total. The van der Waals surface area contributed by atoms with Gasteiger partial charge in [0.15, 0.2) is 4.98 Å². The first-order valence-corrected chi connectivity index (χ1v) is 4.83. The van der Waals surface area contributed by atoms with Crippen molar-refractivity contribution in [1.29, 1.82) is 5.39 Å². The lowest BCUT2D eigenvalue weighted by Crippen LogP contribution is -2.26. The van der Waals surface area contributed by atoms with Gasteiger partial charge in [0.1, 0.15) is 5.69 Å². The predicted octanol–water partition coefficient (Wildman–Crippen LogP) is 1.57. The second-order valence-electron chi connectivity index (χ2n) is 3.15. The van der Waals surface area contributed by atoms with Crippen LogP contribution in [0, 0.1) is 5.39 Å². The summed E-state index contributed by atoms with van der Waals surface area (Å²) in [7, 11) is 0. The van der Waals surface area contributed by atoms with Gasteiger partial charge in [0.25, 0.3) is 0 Å². The molecule has 5 heteroatoms. The van der Waals surface area contributed by atoms with Crippen LogP contribution in [0.5, 0.6) is 0 Å². The summed E-state index contributed by atoms with van der Waals surface area (Å²) in [6, 6.07) is 5.11. The fourth-order valence-corrected chi connectivity index (χ4v) is 1.46. The highest BCUT2D eigenvalue weighted by Gasteiger charge is 2.18. The van der Waals surface area contributed by atoms with Crippen molar-refractivity contribution in [2.45, 2.75) is 6.92 Å². The van der Waals surface area contributed by atoms with Crippen molar-refractivity contribution in [2.75, 3.05) is 30.3 Å². The summed E-state index contributed by atoms with van der Waals surface area (Å²) in [5, 5.41) is 17.7. The number of nitrogen functional groups attached to an aromatic ring is 1. The number of rotatable bonds is 4. The molecule has 80 valence electrons. The molecule has 0 spiro atoms. The molecule has 0 bridgehead atoms. The molecule has 0 aliphatic heterocycles. The summed E-state index contributed by atoms with van der Waals surface area (Å²) >= 11 is 0. The molecular formula is C10H15N4O+. The Kier molecular flexibility index (Phi) is 3.89. The average molecular weight is 207 g/mol. The zero-order valence-corrected chi connectivity index (χ0v) is 8.72. The van der Waals surface area contributed by atoms with Gasteiger partial charge in [-0.05, 0) is 19.1 Å². The van der Waals surface area contributed by atoms with E-state index in [1.165, 1.54) is 0 Å². The number of aliphatic hydroxyl groups is 1. The monoisotopic (exact) mass is 207 g/mol. The minimum Gasteiger partial charge on any atom is -0.398 e. The first-order chi connectivity index (χ1) is 7.22. The topological polar surface area (TPSA) is 77.6 Å². The molecular weight excluding hydrogens is 192 g/mol. The normalized spacial score (nSPS) is 9.67. The molecule has 0 unspecified atom stereocenters. The van der Waals surface area contributed by atoms with E-state index < -0.39 is 0 Å². The van der Waals surface area contributed by atoms with Crippen molar-refractivity contribution >= 4 is 17.1 Å². The van der Waals surface area contributed by atoms with Crippen LogP contribution in [0.3, 0.4) is 0 Å². The predicted molar refractivity (Wildman–Crippen MR) is 60.6 cm³/mol. The van der Waals surface area contributed by atoms with Gasteiger partial charge in [-0.1, -0.05) is 0 Å². The highest BCUT2D eigenvalue weighted by molar-refractivity contribution is 5.74. The first-order valence-electron chi connectivity index (χ1n) is 4.83. The van der Waals surface area contributed by atoms with Crippen LogP contribution >= 0.6 is 0 Å². The third-order valence-corrected chi connectivity index (χ3v) is 2.20. The van der Waals surface area contributed by atoms with Gasteiger partial charge < -0.3 is 15.7 Å². The van der Waals surface area contributed by atoms with Gasteiger partial charge in [-0.25, -0.2) is 0 Å². The molecule has 0 radical (unpaired) electrons. The van der Waals surface area contributed by atoms with Crippen LogP contribution in [0.15, 0.2) is 18.2 Å².